The summed E-state index contributed by atoms with van der Waals surface area (Å²) in [5.41, 5.74) is -1.29. The van der Waals surface area contributed by atoms with Crippen molar-refractivity contribution in [1.82, 2.24) is 10.2 Å². The molecule has 1 aliphatic heterocycles. The minimum Gasteiger partial charge on any atom is -0.480 e. The van der Waals surface area contributed by atoms with Gasteiger partial charge in [0, 0.05) is 6.54 Å². The molecule has 7 heteroatoms. The second kappa shape index (κ2) is 6.38. The molecule has 0 bridgehead atoms. The summed E-state index contributed by atoms with van der Waals surface area (Å²) in [6.45, 7) is 4.13. The van der Waals surface area contributed by atoms with Crippen LogP contribution in [0.15, 0.2) is 0 Å². The largest absolute Gasteiger partial charge is 0.480 e. The smallest absolute Gasteiger partial charge is 0.329 e. The Morgan fingerprint density at radius 3 is 2.84 bits per heavy atom. The van der Waals surface area contributed by atoms with Crippen LogP contribution in [0.2, 0.25) is 0 Å². The zero-order chi connectivity index (χ0) is 14.5. The lowest BCUT2D eigenvalue weighted by molar-refractivity contribution is -0.144. The first-order valence-corrected chi connectivity index (χ1v) is 6.24. The third-order valence-corrected chi connectivity index (χ3v) is 3.10. The van der Waals surface area contributed by atoms with Crippen molar-refractivity contribution < 1.29 is 19.4 Å². The van der Waals surface area contributed by atoms with Crippen molar-refractivity contribution in [2.45, 2.75) is 38.3 Å². The Morgan fingerprint density at radius 2 is 2.32 bits per heavy atom. The predicted octanol–water partition coefficient (Wildman–Crippen LogP) is 0.564. The van der Waals surface area contributed by atoms with Gasteiger partial charge in [0.05, 0.1) is 19.2 Å². The highest BCUT2D eigenvalue weighted by Crippen LogP contribution is 2.14. The van der Waals surface area contributed by atoms with Gasteiger partial charge in [0.1, 0.15) is 5.54 Å². The van der Waals surface area contributed by atoms with Crippen molar-refractivity contribution in [2.24, 2.45) is 0 Å². The van der Waals surface area contributed by atoms with Gasteiger partial charge in [-0.15, -0.1) is 0 Å². The van der Waals surface area contributed by atoms with Gasteiger partial charge in [-0.25, -0.2) is 9.59 Å². The number of urea groups is 1. The number of carboxylic acid groups (broad SMARTS) is 1. The van der Waals surface area contributed by atoms with E-state index >= 15 is 0 Å². The van der Waals surface area contributed by atoms with Crippen LogP contribution in [0.4, 0.5) is 4.79 Å². The summed E-state index contributed by atoms with van der Waals surface area (Å²) in [5.74, 6) is -1.06. The Labute approximate surface area is 112 Å². The normalized spacial score (nSPS) is 22.2. The summed E-state index contributed by atoms with van der Waals surface area (Å²) in [7, 11) is 0. The topological polar surface area (TPSA) is 103 Å². The molecule has 1 heterocycles. The van der Waals surface area contributed by atoms with Crippen LogP contribution in [0, 0.1) is 11.3 Å². The van der Waals surface area contributed by atoms with E-state index in [0.717, 1.165) is 0 Å². The van der Waals surface area contributed by atoms with E-state index in [1.54, 1.807) is 0 Å². The van der Waals surface area contributed by atoms with E-state index in [9.17, 15) is 14.7 Å². The molecule has 2 N–H and O–H groups in total. The van der Waals surface area contributed by atoms with Crippen LogP contribution in [0.25, 0.3) is 0 Å². The van der Waals surface area contributed by atoms with Gasteiger partial charge >= 0.3 is 12.0 Å². The number of aliphatic carboxylic acids is 1. The Bertz CT molecular complexity index is 393. The van der Waals surface area contributed by atoms with Gasteiger partial charge < -0.3 is 20.1 Å². The zero-order valence-corrected chi connectivity index (χ0v) is 11.2. The van der Waals surface area contributed by atoms with Gasteiger partial charge in [-0.2, -0.15) is 5.26 Å². The third kappa shape index (κ3) is 3.83. The fraction of sp³-hybridized carbons (Fsp3) is 0.750. The van der Waals surface area contributed by atoms with Crippen molar-refractivity contribution in [3.05, 3.63) is 0 Å². The molecule has 0 aromatic rings. The van der Waals surface area contributed by atoms with Crippen LogP contribution < -0.4 is 5.32 Å². The quantitative estimate of drug-likeness (QED) is 0.776. The third-order valence-electron chi connectivity index (χ3n) is 3.10. The maximum atomic E-state index is 12.0. The fourth-order valence-corrected chi connectivity index (χ4v) is 1.95. The van der Waals surface area contributed by atoms with Crippen molar-refractivity contribution in [3.8, 4) is 6.07 Å². The molecule has 1 aliphatic rings. The van der Waals surface area contributed by atoms with Crippen LogP contribution in [-0.4, -0.2) is 53.3 Å². The van der Waals surface area contributed by atoms with Crippen LogP contribution in [0.3, 0.4) is 0 Å². The number of carboxylic acids is 1. The number of rotatable bonds is 4. The molecular weight excluding hydrogens is 250 g/mol. The highest BCUT2D eigenvalue weighted by molar-refractivity contribution is 5.85. The molecule has 0 spiro atoms. The highest BCUT2D eigenvalue weighted by atomic mass is 16.5. The first kappa shape index (κ1) is 15.2. The standard InChI is InChI=1S/C12H19N3O4/c1-3-4-12(2,10(16)17)14-11(18)15-5-6-19-9(7-13)8-15/h9H,3-6,8H2,1-2H3,(H,14,18)(H,16,17). The Balaban J connectivity index is 2.67. The van der Waals surface area contributed by atoms with E-state index < -0.39 is 23.6 Å². The summed E-state index contributed by atoms with van der Waals surface area (Å²) in [5, 5.41) is 20.5. The summed E-state index contributed by atoms with van der Waals surface area (Å²) >= 11 is 0. The number of nitrogens with one attached hydrogen (secondary N) is 1. The molecule has 19 heavy (non-hydrogen) atoms. The molecular formula is C12H19N3O4. The van der Waals surface area contributed by atoms with Gasteiger partial charge in [-0.05, 0) is 13.3 Å². The van der Waals surface area contributed by atoms with Crippen molar-refractivity contribution in [1.29, 1.82) is 5.26 Å². The molecule has 2 atom stereocenters. The number of hydrogen-bond donors (Lipinski definition) is 2. The van der Waals surface area contributed by atoms with Crippen molar-refractivity contribution in [3.63, 3.8) is 0 Å². The van der Waals surface area contributed by atoms with E-state index in [2.05, 4.69) is 5.32 Å². The number of hydrogen-bond acceptors (Lipinski definition) is 4. The molecule has 0 aliphatic carbocycles. The number of carbonyl (C=O) groups is 2. The molecule has 2 unspecified atom stereocenters. The Kier molecular flexibility index (Phi) is 5.12. The minimum absolute atomic E-state index is 0.157. The monoisotopic (exact) mass is 269 g/mol. The molecule has 2 amide bonds. The predicted molar refractivity (Wildman–Crippen MR) is 66.4 cm³/mol. The van der Waals surface area contributed by atoms with Gasteiger partial charge in [0.25, 0.3) is 0 Å². The summed E-state index contributed by atoms with van der Waals surface area (Å²) < 4.78 is 5.13. The lowest BCUT2D eigenvalue weighted by Crippen LogP contribution is -2.58. The second-order valence-electron chi connectivity index (χ2n) is 4.75. The molecule has 1 fully saturated rings. The maximum absolute atomic E-state index is 12.0. The number of nitriles is 1. The molecule has 0 saturated carbocycles. The number of amides is 2. The first-order valence-electron chi connectivity index (χ1n) is 6.24. The second-order valence-corrected chi connectivity index (χ2v) is 4.75. The van der Waals surface area contributed by atoms with Gasteiger partial charge in [0.2, 0.25) is 0 Å². The summed E-state index contributed by atoms with van der Waals surface area (Å²) in [6.07, 6.45) is 0.342. The molecule has 106 valence electrons. The lowest BCUT2D eigenvalue weighted by Gasteiger charge is -2.33. The SMILES string of the molecule is CCCC(C)(NC(=O)N1CCOC(C#N)C1)C(=O)O. The number of ether oxygens (including phenoxy) is 1. The molecule has 0 aromatic carbocycles. The van der Waals surface area contributed by atoms with E-state index in [0.29, 0.717) is 19.4 Å². The number of nitrogens with zero attached hydrogens (tertiary/aromatic N) is 2. The van der Waals surface area contributed by atoms with E-state index in [1.807, 2.05) is 13.0 Å². The van der Waals surface area contributed by atoms with Crippen LogP contribution in [0.1, 0.15) is 26.7 Å². The first-order chi connectivity index (χ1) is 8.92. The Hall–Kier alpha value is -1.81. The minimum atomic E-state index is -1.29. The summed E-state index contributed by atoms with van der Waals surface area (Å²) in [6, 6.07) is 1.47. The summed E-state index contributed by atoms with van der Waals surface area (Å²) in [4.78, 5) is 24.7. The van der Waals surface area contributed by atoms with Crippen molar-refractivity contribution in [2.75, 3.05) is 19.7 Å². The van der Waals surface area contributed by atoms with Crippen LogP contribution in [0.5, 0.6) is 0 Å². The lowest BCUT2D eigenvalue weighted by atomic mass is 9.96. The fourth-order valence-electron chi connectivity index (χ4n) is 1.95. The highest BCUT2D eigenvalue weighted by Gasteiger charge is 2.36. The molecule has 1 rings (SSSR count). The number of carbonyl (C=O) groups excluding carboxylic acids is 1. The van der Waals surface area contributed by atoms with Gasteiger partial charge in [0.15, 0.2) is 6.10 Å². The van der Waals surface area contributed by atoms with Gasteiger partial charge in [-0.1, -0.05) is 13.3 Å². The Morgan fingerprint density at radius 1 is 1.63 bits per heavy atom. The molecule has 7 nitrogen and oxygen atoms in total. The molecule has 0 radical (unpaired) electrons. The van der Waals surface area contributed by atoms with Crippen molar-refractivity contribution >= 4 is 12.0 Å². The van der Waals surface area contributed by atoms with Crippen LogP contribution in [-0.2, 0) is 9.53 Å². The molecule has 1 saturated heterocycles. The van der Waals surface area contributed by atoms with E-state index in [-0.39, 0.29) is 13.2 Å². The zero-order valence-electron chi connectivity index (χ0n) is 11.2. The van der Waals surface area contributed by atoms with Crippen LogP contribution >= 0.6 is 0 Å². The average Bonchev–Trinajstić information content (AvgIpc) is 2.38. The number of morpholine rings is 1. The maximum Gasteiger partial charge on any atom is 0.329 e. The average molecular weight is 269 g/mol. The molecule has 0 aromatic heterocycles. The van der Waals surface area contributed by atoms with E-state index in [4.69, 9.17) is 10.00 Å². The van der Waals surface area contributed by atoms with E-state index in [1.165, 1.54) is 11.8 Å². The van der Waals surface area contributed by atoms with Gasteiger partial charge in [-0.3, -0.25) is 0 Å².